The summed E-state index contributed by atoms with van der Waals surface area (Å²) in [6.45, 7) is -6.00. The lowest BCUT2D eigenvalue weighted by molar-refractivity contribution is -0.0495. The van der Waals surface area contributed by atoms with E-state index in [9.17, 15) is 19.9 Å². The number of hydrogen-bond acceptors (Lipinski definition) is 15. The Labute approximate surface area is 243 Å². The van der Waals surface area contributed by atoms with E-state index in [-0.39, 0.29) is 34.1 Å². The summed E-state index contributed by atoms with van der Waals surface area (Å²) in [5, 5.41) is 20.6. The van der Waals surface area contributed by atoms with Gasteiger partial charge in [-0.15, -0.1) is 0 Å². The van der Waals surface area contributed by atoms with Crippen molar-refractivity contribution in [3.8, 4) is 0 Å². The maximum atomic E-state index is 15.5. The number of anilines is 2. The minimum absolute atomic E-state index is 0.0791. The molecule has 43 heavy (non-hydrogen) atoms. The molecule has 6 heterocycles. The lowest BCUT2D eigenvalue weighted by Gasteiger charge is -2.27. The van der Waals surface area contributed by atoms with Crippen molar-refractivity contribution < 1.29 is 42.4 Å². The molecule has 0 radical (unpaired) electrons. The summed E-state index contributed by atoms with van der Waals surface area (Å²) < 4.78 is 55.1. The van der Waals surface area contributed by atoms with Crippen LogP contribution in [0, 0.1) is 0 Å². The third kappa shape index (κ3) is 5.25. The number of nitrogen functional groups attached to an aromatic ring is 2. The number of nitrogens with one attached hydrogen (secondary N) is 1. The van der Waals surface area contributed by atoms with Crippen LogP contribution < -0.4 is 17.0 Å². The highest BCUT2D eigenvalue weighted by atomic mass is 32.5. The zero-order valence-electron chi connectivity index (χ0n) is 21.8. The molecule has 2 unspecified atom stereocenters. The van der Waals surface area contributed by atoms with E-state index in [0.717, 1.165) is 10.9 Å². The molecule has 0 saturated carbocycles. The molecule has 0 spiro atoms. The van der Waals surface area contributed by atoms with Crippen molar-refractivity contribution in [1.82, 2.24) is 39.0 Å². The molecule has 22 heteroatoms. The first-order valence-corrected chi connectivity index (χ1v) is 15.2. The van der Waals surface area contributed by atoms with Crippen LogP contribution in [0.1, 0.15) is 18.9 Å². The number of nitrogens with two attached hydrogens (primary N) is 2. The first kappa shape index (κ1) is 29.8. The van der Waals surface area contributed by atoms with Gasteiger partial charge in [0.15, 0.2) is 47.4 Å². The number of halogens is 2. The summed E-state index contributed by atoms with van der Waals surface area (Å²) in [6.07, 6.45) is -6.63. The van der Waals surface area contributed by atoms with E-state index >= 15 is 8.78 Å². The maximum absolute atomic E-state index is 15.5. The number of fused-ring (bicyclic) bond motifs is 2. The molecule has 0 amide bonds. The van der Waals surface area contributed by atoms with Gasteiger partial charge in [-0.1, -0.05) is 0 Å². The number of ether oxygens (including phenoxy) is 2. The molecule has 18 nitrogen and oxygen atoms in total. The monoisotopic (exact) mass is 646 g/mol. The predicted molar refractivity (Wildman–Crippen MR) is 145 cm³/mol. The predicted octanol–water partition coefficient (Wildman–Crippen LogP) is -1.04. The summed E-state index contributed by atoms with van der Waals surface area (Å²) in [5.41, 5.74) is 8.88. The van der Waals surface area contributed by atoms with Gasteiger partial charge < -0.3 is 40.6 Å². The molecule has 0 bridgehead atoms. The Hall–Kier alpha value is -3.27. The lowest BCUT2D eigenvalue weighted by Crippen LogP contribution is -2.41. The van der Waals surface area contributed by atoms with Crippen molar-refractivity contribution in [2.75, 3.05) is 31.3 Å². The van der Waals surface area contributed by atoms with Gasteiger partial charge in [-0.05, 0) is 11.8 Å². The van der Waals surface area contributed by atoms with E-state index in [0.29, 0.717) is 0 Å². The van der Waals surface area contributed by atoms with Gasteiger partial charge >= 0.3 is 6.72 Å². The second-order valence-corrected chi connectivity index (χ2v) is 12.7. The molecule has 232 valence electrons. The molecule has 0 aliphatic carbocycles. The number of aliphatic hydroxyl groups is 2. The smallest absolute Gasteiger partial charge is 0.325 e. The highest BCUT2D eigenvalue weighted by Gasteiger charge is 2.52. The number of rotatable bonds is 9. The van der Waals surface area contributed by atoms with E-state index in [1.807, 2.05) is 0 Å². The van der Waals surface area contributed by atoms with Crippen LogP contribution in [0.5, 0.6) is 0 Å². The molecular weight excluding hydrogens is 621 g/mol. The minimum atomic E-state index is -4.28. The van der Waals surface area contributed by atoms with Crippen LogP contribution in [-0.4, -0.2) is 104 Å². The average molecular weight is 647 g/mol. The van der Waals surface area contributed by atoms with Crippen LogP contribution in [-0.2, 0) is 30.3 Å². The third-order valence-electron chi connectivity index (χ3n) is 7.14. The Morgan fingerprint density at radius 3 is 2.63 bits per heavy atom. The standard InChI is InChI=1S/C21H25F2N10O8PS/c22-9-8(3-34)40-18(33-7-29-11-16(33)30-20(25)31-17(11)35)12(9)41-42(37,43)39-2-1-21(36)4-38-19(13(21)23)32-6-28-10-14(24)26-5-27-15(10)32/h5-9,12-13,18-19,34,36H,1-4H2,(H,37,43)(H2,24,26,27)(H3,25,30,31,35)/t8?,9-,12-,13-,18-,19-,21+,42?/m1/s1. The summed E-state index contributed by atoms with van der Waals surface area (Å²) >= 11 is 5.06. The van der Waals surface area contributed by atoms with Crippen molar-refractivity contribution >= 4 is 52.6 Å². The molecule has 4 aromatic heterocycles. The second kappa shape index (κ2) is 11.0. The molecule has 2 aliphatic heterocycles. The minimum Gasteiger partial charge on any atom is -0.394 e. The van der Waals surface area contributed by atoms with Gasteiger partial charge in [0, 0.05) is 6.42 Å². The summed E-state index contributed by atoms with van der Waals surface area (Å²) in [7, 11) is 0. The van der Waals surface area contributed by atoms with Crippen molar-refractivity contribution in [3.05, 3.63) is 29.3 Å². The molecule has 4 aromatic rings. The van der Waals surface area contributed by atoms with Crippen molar-refractivity contribution in [1.29, 1.82) is 0 Å². The normalized spacial score (nSPS) is 30.8. The highest BCUT2D eigenvalue weighted by molar-refractivity contribution is 8.07. The molecule has 6 rings (SSSR count). The van der Waals surface area contributed by atoms with E-state index in [1.165, 1.54) is 17.2 Å². The maximum Gasteiger partial charge on any atom is 0.325 e. The lowest BCUT2D eigenvalue weighted by atomic mass is 9.96. The number of H-pyrrole nitrogens is 1. The Balaban J connectivity index is 1.14. The van der Waals surface area contributed by atoms with Gasteiger partial charge in [0.25, 0.3) is 5.56 Å². The highest BCUT2D eigenvalue weighted by Crippen LogP contribution is 2.51. The van der Waals surface area contributed by atoms with E-state index in [2.05, 4.69) is 29.9 Å². The number of aromatic nitrogens is 8. The third-order valence-corrected chi connectivity index (χ3v) is 8.74. The summed E-state index contributed by atoms with van der Waals surface area (Å²) in [5.74, 6) is -0.165. The van der Waals surface area contributed by atoms with Crippen LogP contribution in [0.15, 0.2) is 23.8 Å². The van der Waals surface area contributed by atoms with Crippen LogP contribution in [0.4, 0.5) is 20.5 Å². The fourth-order valence-corrected chi connectivity index (χ4v) is 6.41. The Kier molecular flexibility index (Phi) is 7.63. The van der Waals surface area contributed by atoms with Crippen LogP contribution >= 0.6 is 6.72 Å². The molecule has 8 N–H and O–H groups in total. The number of imidazole rings is 2. The SMILES string of the molecule is Nc1nc2c(ncn2[C@@H]2OC(CO)[C@@H](F)[C@H]2OP(O)(=S)OCC[C@]2(O)CO[C@@H](n3cnc4c(N)ncnc43)[C@H]2F)c(=O)[nH]1. The number of hydrogen-bond donors (Lipinski definition) is 6. The molecule has 2 aliphatic rings. The van der Waals surface area contributed by atoms with Gasteiger partial charge in [0.05, 0.1) is 32.5 Å². The van der Waals surface area contributed by atoms with Gasteiger partial charge in [-0.25, -0.2) is 28.7 Å². The van der Waals surface area contributed by atoms with Gasteiger partial charge in [0.1, 0.15) is 29.7 Å². The summed E-state index contributed by atoms with van der Waals surface area (Å²) in [4.78, 5) is 45.1. The van der Waals surface area contributed by atoms with Gasteiger partial charge in [0.2, 0.25) is 5.95 Å². The molecule has 0 aromatic carbocycles. The van der Waals surface area contributed by atoms with Crippen molar-refractivity contribution in [3.63, 3.8) is 0 Å². The molecule has 2 fully saturated rings. The quantitative estimate of drug-likeness (QED) is 0.119. The Bertz CT molecular complexity index is 1780. The zero-order valence-corrected chi connectivity index (χ0v) is 23.5. The van der Waals surface area contributed by atoms with Crippen LogP contribution in [0.2, 0.25) is 0 Å². The van der Waals surface area contributed by atoms with E-state index in [4.69, 9.17) is 41.8 Å². The first-order valence-electron chi connectivity index (χ1n) is 12.6. The van der Waals surface area contributed by atoms with Gasteiger partial charge in [-0.3, -0.25) is 23.4 Å². The Morgan fingerprint density at radius 2 is 1.88 bits per heavy atom. The van der Waals surface area contributed by atoms with Gasteiger partial charge in [-0.2, -0.15) is 4.98 Å². The Morgan fingerprint density at radius 1 is 1.16 bits per heavy atom. The largest absolute Gasteiger partial charge is 0.394 e. The summed E-state index contributed by atoms with van der Waals surface area (Å²) in [6, 6.07) is 0. The van der Waals surface area contributed by atoms with Crippen molar-refractivity contribution in [2.24, 2.45) is 0 Å². The number of aromatic amines is 1. The van der Waals surface area contributed by atoms with Crippen LogP contribution in [0.25, 0.3) is 22.3 Å². The molecular formula is C21H25F2N10O8PS. The van der Waals surface area contributed by atoms with E-state index in [1.54, 1.807) is 0 Å². The topological polar surface area (TPSA) is 257 Å². The number of alkyl halides is 2. The zero-order chi connectivity index (χ0) is 30.7. The number of nitrogens with zero attached hydrogens (tertiary/aromatic N) is 7. The van der Waals surface area contributed by atoms with E-state index < -0.39 is 81.1 Å². The average Bonchev–Trinajstić information content (AvgIpc) is 3.70. The second-order valence-electron chi connectivity index (χ2n) is 9.88. The van der Waals surface area contributed by atoms with Crippen LogP contribution in [0.3, 0.4) is 0 Å². The fraction of sp³-hybridized carbons (Fsp3) is 0.524. The number of aliphatic hydroxyl groups excluding tert-OH is 1. The molecule has 2 saturated heterocycles. The first-order chi connectivity index (χ1) is 20.4. The molecule has 8 atom stereocenters. The van der Waals surface area contributed by atoms with Crippen molar-refractivity contribution in [2.45, 2.75) is 49.0 Å². The fourth-order valence-electron chi connectivity index (χ4n) is 4.98.